The van der Waals surface area contributed by atoms with E-state index in [0.29, 0.717) is 16.4 Å². The van der Waals surface area contributed by atoms with Crippen molar-refractivity contribution in [3.05, 3.63) is 35.4 Å². The minimum atomic E-state index is -3.27. The maximum atomic E-state index is 12.5. The molecule has 1 saturated heterocycles. The summed E-state index contributed by atoms with van der Waals surface area (Å²) in [5.41, 5.74) is -0.798. The molecule has 2 aromatic rings. The number of methoxy groups -OCH3 is 1. The number of sulfone groups is 1. The average Bonchev–Trinajstić information content (AvgIpc) is 2.85. The fourth-order valence-corrected chi connectivity index (χ4v) is 4.78. The second-order valence-electron chi connectivity index (χ2n) is 5.50. The summed E-state index contributed by atoms with van der Waals surface area (Å²) in [7, 11) is -1.93. The Morgan fingerprint density at radius 3 is 2.78 bits per heavy atom. The van der Waals surface area contributed by atoms with Gasteiger partial charge in [0.25, 0.3) is 5.91 Å². The van der Waals surface area contributed by atoms with Gasteiger partial charge < -0.3 is 10.1 Å². The Balaban J connectivity index is 1.89. The van der Waals surface area contributed by atoms with Gasteiger partial charge in [0.1, 0.15) is 5.82 Å². The number of hydrogen-bond donors (Lipinski definition) is 1. The number of nitrogens with one attached hydrogen (secondary N) is 1. The molecule has 1 fully saturated rings. The van der Waals surface area contributed by atoms with E-state index in [1.54, 1.807) is 18.2 Å². The van der Waals surface area contributed by atoms with E-state index in [-0.39, 0.29) is 17.9 Å². The van der Waals surface area contributed by atoms with Gasteiger partial charge in [-0.1, -0.05) is 23.7 Å². The highest BCUT2D eigenvalue weighted by Crippen LogP contribution is 2.29. The van der Waals surface area contributed by atoms with Crippen molar-refractivity contribution in [3.63, 3.8) is 0 Å². The maximum absolute atomic E-state index is 12.5. The van der Waals surface area contributed by atoms with Gasteiger partial charge in [-0.2, -0.15) is 0 Å². The number of aromatic nitrogens is 1. The van der Waals surface area contributed by atoms with E-state index in [1.807, 2.05) is 12.1 Å². The minimum absolute atomic E-state index is 0.0642. The van der Waals surface area contributed by atoms with Crippen LogP contribution in [0.2, 0.25) is 5.02 Å². The van der Waals surface area contributed by atoms with Crippen molar-refractivity contribution in [2.45, 2.75) is 12.0 Å². The van der Waals surface area contributed by atoms with Crippen LogP contribution in [0, 0.1) is 0 Å². The highest BCUT2D eigenvalue weighted by atomic mass is 35.5. The van der Waals surface area contributed by atoms with E-state index in [9.17, 15) is 13.2 Å². The number of rotatable bonds is 3. The van der Waals surface area contributed by atoms with Crippen molar-refractivity contribution >= 4 is 44.1 Å². The highest BCUT2D eigenvalue weighted by molar-refractivity contribution is 7.91. The van der Waals surface area contributed by atoms with E-state index in [2.05, 4.69) is 10.3 Å². The summed E-state index contributed by atoms with van der Waals surface area (Å²) < 4.78 is 28.6. The Morgan fingerprint density at radius 1 is 1.35 bits per heavy atom. The van der Waals surface area contributed by atoms with Gasteiger partial charge in [0, 0.05) is 18.9 Å². The first-order valence-corrected chi connectivity index (χ1v) is 9.17. The van der Waals surface area contributed by atoms with Crippen LogP contribution in [0.25, 0.3) is 10.9 Å². The molecule has 1 amide bonds. The molecule has 1 aliphatic rings. The van der Waals surface area contributed by atoms with Crippen molar-refractivity contribution in [1.82, 2.24) is 4.98 Å². The Bertz CT molecular complexity index is 884. The van der Waals surface area contributed by atoms with Gasteiger partial charge in [-0.25, -0.2) is 13.4 Å². The zero-order chi connectivity index (χ0) is 16.7. The van der Waals surface area contributed by atoms with Gasteiger partial charge in [-0.15, -0.1) is 0 Å². The number of halogens is 1. The second-order valence-corrected chi connectivity index (χ2v) is 8.09. The molecule has 1 aliphatic heterocycles. The Labute approximate surface area is 138 Å². The first kappa shape index (κ1) is 16.2. The quantitative estimate of drug-likeness (QED) is 0.911. The van der Waals surface area contributed by atoms with Crippen LogP contribution in [0.3, 0.4) is 0 Å². The minimum Gasteiger partial charge on any atom is -0.367 e. The summed E-state index contributed by atoms with van der Waals surface area (Å²) >= 11 is 6.11. The first-order valence-electron chi connectivity index (χ1n) is 6.98. The maximum Gasteiger partial charge on any atom is 0.258 e. The van der Waals surface area contributed by atoms with Crippen molar-refractivity contribution in [2.75, 3.05) is 23.9 Å². The van der Waals surface area contributed by atoms with E-state index >= 15 is 0 Å². The fraction of sp³-hybridized carbons (Fsp3) is 0.333. The van der Waals surface area contributed by atoms with Crippen molar-refractivity contribution in [3.8, 4) is 0 Å². The topological polar surface area (TPSA) is 85.4 Å². The molecular formula is C15H15ClN2O4S. The highest BCUT2D eigenvalue weighted by Gasteiger charge is 2.48. The van der Waals surface area contributed by atoms with E-state index in [0.717, 1.165) is 5.39 Å². The Hall–Kier alpha value is -1.70. The van der Waals surface area contributed by atoms with Crippen LogP contribution in [0.5, 0.6) is 0 Å². The van der Waals surface area contributed by atoms with Crippen LogP contribution in [-0.2, 0) is 19.4 Å². The third-order valence-electron chi connectivity index (χ3n) is 3.99. The van der Waals surface area contributed by atoms with Gasteiger partial charge in [0.05, 0.1) is 22.0 Å². The summed E-state index contributed by atoms with van der Waals surface area (Å²) in [5.74, 6) is -0.599. The number of amides is 1. The molecule has 3 rings (SSSR count). The Kier molecular flexibility index (Phi) is 4.03. The molecule has 23 heavy (non-hydrogen) atoms. The second kappa shape index (κ2) is 5.74. The van der Waals surface area contributed by atoms with Gasteiger partial charge in [0.2, 0.25) is 0 Å². The molecule has 0 bridgehead atoms. The lowest BCUT2D eigenvalue weighted by atomic mass is 10.0. The lowest BCUT2D eigenvalue weighted by molar-refractivity contribution is -0.134. The van der Waals surface area contributed by atoms with Crippen LogP contribution < -0.4 is 5.32 Å². The van der Waals surface area contributed by atoms with Crippen LogP contribution in [0.15, 0.2) is 30.3 Å². The molecule has 1 atom stereocenters. The number of carbonyl (C=O) groups excluding carboxylic acids is 1. The zero-order valence-electron chi connectivity index (χ0n) is 12.4. The molecule has 0 radical (unpaired) electrons. The molecule has 2 heterocycles. The summed E-state index contributed by atoms with van der Waals surface area (Å²) in [6.45, 7) is 0. The predicted octanol–water partition coefficient (Wildman–Crippen LogP) is 2.03. The Morgan fingerprint density at radius 2 is 2.13 bits per heavy atom. The fourth-order valence-electron chi connectivity index (χ4n) is 2.66. The number of hydrogen-bond acceptors (Lipinski definition) is 5. The summed E-state index contributed by atoms with van der Waals surface area (Å²) in [6, 6.07) is 8.81. The first-order chi connectivity index (χ1) is 10.9. The smallest absolute Gasteiger partial charge is 0.258 e. The normalized spacial score (nSPS) is 23.0. The molecule has 1 N–H and O–H groups in total. The molecule has 1 unspecified atom stereocenters. The predicted molar refractivity (Wildman–Crippen MR) is 88.4 cm³/mol. The summed E-state index contributed by atoms with van der Waals surface area (Å²) in [5, 5.41) is 3.96. The summed E-state index contributed by atoms with van der Waals surface area (Å²) in [4.78, 5) is 16.8. The number of nitrogens with zero attached hydrogens (tertiary/aromatic N) is 1. The average molecular weight is 355 g/mol. The molecule has 0 saturated carbocycles. The number of pyridine rings is 1. The SMILES string of the molecule is COC1(C(=O)Nc2ccc3cccc(Cl)c3n2)CCS(=O)(=O)C1. The van der Waals surface area contributed by atoms with Crippen LogP contribution >= 0.6 is 11.6 Å². The molecular weight excluding hydrogens is 340 g/mol. The third kappa shape index (κ3) is 3.04. The van der Waals surface area contributed by atoms with Crippen LogP contribution in [-0.4, -0.2) is 43.5 Å². The molecule has 1 aromatic heterocycles. The van der Waals surface area contributed by atoms with Crippen molar-refractivity contribution in [2.24, 2.45) is 0 Å². The molecule has 122 valence electrons. The molecule has 8 heteroatoms. The van der Waals surface area contributed by atoms with Crippen molar-refractivity contribution < 1.29 is 17.9 Å². The zero-order valence-corrected chi connectivity index (χ0v) is 13.9. The summed E-state index contributed by atoms with van der Waals surface area (Å²) in [6.07, 6.45) is 0.131. The largest absolute Gasteiger partial charge is 0.367 e. The van der Waals surface area contributed by atoms with Gasteiger partial charge in [-0.3, -0.25) is 4.79 Å². The van der Waals surface area contributed by atoms with Crippen LogP contribution in [0.4, 0.5) is 5.82 Å². The third-order valence-corrected chi connectivity index (χ3v) is 6.02. The molecule has 0 aliphatic carbocycles. The number of carbonyl (C=O) groups is 1. The van der Waals surface area contributed by atoms with Gasteiger partial charge in [0.15, 0.2) is 15.4 Å². The molecule has 0 spiro atoms. The number of ether oxygens (including phenoxy) is 1. The van der Waals surface area contributed by atoms with E-state index < -0.39 is 21.3 Å². The number of para-hydroxylation sites is 1. The van der Waals surface area contributed by atoms with Gasteiger partial charge >= 0.3 is 0 Å². The van der Waals surface area contributed by atoms with Crippen LogP contribution in [0.1, 0.15) is 6.42 Å². The van der Waals surface area contributed by atoms with E-state index in [1.165, 1.54) is 7.11 Å². The number of benzene rings is 1. The monoisotopic (exact) mass is 354 g/mol. The van der Waals surface area contributed by atoms with Crippen molar-refractivity contribution in [1.29, 1.82) is 0 Å². The molecule has 6 nitrogen and oxygen atoms in total. The number of fused-ring (bicyclic) bond motifs is 1. The lowest BCUT2D eigenvalue weighted by Gasteiger charge is -2.24. The van der Waals surface area contributed by atoms with Gasteiger partial charge in [-0.05, 0) is 18.2 Å². The number of anilines is 1. The molecule has 1 aromatic carbocycles. The lowest BCUT2D eigenvalue weighted by Crippen LogP contribution is -2.46. The standard InChI is InChI=1S/C15H15ClN2O4S/c1-22-15(7-8-23(20,21)9-15)14(19)18-12-6-5-10-3-2-4-11(16)13(10)17-12/h2-6H,7-9H2,1H3,(H,17,18,19). The van der Waals surface area contributed by atoms with E-state index in [4.69, 9.17) is 16.3 Å².